The van der Waals surface area contributed by atoms with Gasteiger partial charge in [-0.1, -0.05) is 25.4 Å². The molecule has 0 fully saturated rings. The summed E-state index contributed by atoms with van der Waals surface area (Å²) in [5.41, 5.74) is 2.36. The molecule has 31 heavy (non-hydrogen) atoms. The van der Waals surface area contributed by atoms with E-state index < -0.39 is 11.5 Å². The number of aromatic nitrogens is 5. The van der Waals surface area contributed by atoms with Gasteiger partial charge in [-0.15, -0.1) is 11.8 Å². The smallest absolute Gasteiger partial charge is 0.259 e. The van der Waals surface area contributed by atoms with Crippen LogP contribution in [0.25, 0.3) is 28.0 Å². The van der Waals surface area contributed by atoms with Crippen LogP contribution in [0, 0.1) is 12.7 Å². The number of pyridine rings is 3. The number of nitrogens with zero attached hydrogens (tertiary/aromatic N) is 5. The average molecular weight is 456 g/mol. The van der Waals surface area contributed by atoms with E-state index in [9.17, 15) is 4.79 Å². The van der Waals surface area contributed by atoms with Gasteiger partial charge in [0.1, 0.15) is 21.7 Å². The van der Waals surface area contributed by atoms with Gasteiger partial charge in [0.15, 0.2) is 5.65 Å². The van der Waals surface area contributed by atoms with Gasteiger partial charge in [0.25, 0.3) is 0 Å². The molecule has 9 heteroatoms. The van der Waals surface area contributed by atoms with Gasteiger partial charge in [-0.3, -0.25) is 4.98 Å². The third-order valence-corrected chi connectivity index (χ3v) is 5.92. The lowest BCUT2D eigenvalue weighted by atomic mass is 10.0. The van der Waals surface area contributed by atoms with E-state index in [4.69, 9.17) is 11.6 Å². The van der Waals surface area contributed by atoms with Crippen LogP contribution in [0.3, 0.4) is 0 Å². The molecule has 0 aliphatic heterocycles. The Balaban J connectivity index is 2.15. The third-order valence-electron chi connectivity index (χ3n) is 4.92. The maximum Gasteiger partial charge on any atom is 0.355 e. The summed E-state index contributed by atoms with van der Waals surface area (Å²) in [5.74, 6) is -0.537. The lowest BCUT2D eigenvalue weighted by Crippen LogP contribution is -2.25. The number of thioether (sulfide) groups is 1. The first-order valence-electron chi connectivity index (χ1n) is 9.57. The molecule has 0 N–H and O–H groups in total. The van der Waals surface area contributed by atoms with Crippen molar-refractivity contribution in [1.29, 1.82) is 0 Å². The molecular formula is C22H19ClFN5OS. The monoisotopic (exact) mass is 455 g/mol. The number of hydrogen-bond donors (Lipinski definition) is 0. The van der Waals surface area contributed by atoms with Crippen molar-refractivity contribution in [2.75, 3.05) is 6.26 Å². The van der Waals surface area contributed by atoms with E-state index >= 15 is 4.39 Å². The van der Waals surface area contributed by atoms with E-state index in [0.29, 0.717) is 22.0 Å². The maximum atomic E-state index is 15.1. The van der Waals surface area contributed by atoms with Crippen LogP contribution in [-0.4, -0.2) is 30.8 Å². The summed E-state index contributed by atoms with van der Waals surface area (Å²) in [6.45, 7) is 5.86. The molecule has 6 nitrogen and oxygen atoms in total. The van der Waals surface area contributed by atoms with E-state index in [1.165, 1.54) is 22.4 Å². The largest absolute Gasteiger partial charge is 0.355 e. The lowest BCUT2D eigenvalue weighted by Gasteiger charge is -2.18. The van der Waals surface area contributed by atoms with Gasteiger partial charge in [0, 0.05) is 18.0 Å². The van der Waals surface area contributed by atoms with Crippen molar-refractivity contribution in [2.45, 2.75) is 31.7 Å². The minimum absolute atomic E-state index is 0.0360. The molecule has 0 atom stereocenters. The van der Waals surface area contributed by atoms with Crippen LogP contribution < -0.4 is 5.69 Å². The van der Waals surface area contributed by atoms with Crippen molar-refractivity contribution >= 4 is 34.4 Å². The highest BCUT2D eigenvalue weighted by atomic mass is 35.5. The van der Waals surface area contributed by atoms with Crippen molar-refractivity contribution < 1.29 is 4.39 Å². The Morgan fingerprint density at radius 1 is 1.16 bits per heavy atom. The van der Waals surface area contributed by atoms with Gasteiger partial charge in [-0.2, -0.15) is 4.98 Å². The molecule has 0 bridgehead atoms. The zero-order chi connectivity index (χ0) is 22.3. The van der Waals surface area contributed by atoms with Crippen molar-refractivity contribution in [3.8, 4) is 16.9 Å². The third kappa shape index (κ3) is 3.70. The van der Waals surface area contributed by atoms with Crippen LogP contribution in [0.15, 0.2) is 46.5 Å². The van der Waals surface area contributed by atoms with E-state index in [-0.39, 0.29) is 27.8 Å². The molecule has 0 amide bonds. The summed E-state index contributed by atoms with van der Waals surface area (Å²) in [4.78, 5) is 30.3. The Morgan fingerprint density at radius 2 is 1.94 bits per heavy atom. The van der Waals surface area contributed by atoms with Crippen molar-refractivity contribution in [2.24, 2.45) is 0 Å². The Kier molecular flexibility index (Phi) is 5.77. The minimum Gasteiger partial charge on any atom is -0.259 e. The molecule has 4 aromatic heterocycles. The molecule has 4 rings (SSSR count). The SMILES string of the molecule is CSc1ncccc1-c1nc2c(cc1F)c(Cl)nc(=O)n2-c1c(C)ccnc1C(C)C. The van der Waals surface area contributed by atoms with Crippen molar-refractivity contribution in [1.82, 2.24) is 24.5 Å². The average Bonchev–Trinajstić information content (AvgIpc) is 2.74. The van der Waals surface area contributed by atoms with Crippen LogP contribution in [0.2, 0.25) is 5.15 Å². The molecule has 0 unspecified atom stereocenters. The van der Waals surface area contributed by atoms with Gasteiger partial charge in [-0.05, 0) is 48.9 Å². The van der Waals surface area contributed by atoms with Crippen LogP contribution in [0.1, 0.15) is 31.0 Å². The van der Waals surface area contributed by atoms with E-state index in [0.717, 1.165) is 5.56 Å². The second kappa shape index (κ2) is 8.36. The fourth-order valence-corrected chi connectivity index (χ4v) is 4.26. The first kappa shape index (κ1) is 21.4. The molecule has 0 saturated carbocycles. The number of fused-ring (bicyclic) bond motifs is 1. The van der Waals surface area contributed by atoms with E-state index in [2.05, 4.69) is 19.9 Å². The molecule has 0 aliphatic rings. The van der Waals surface area contributed by atoms with Crippen molar-refractivity contribution in [3.63, 3.8) is 0 Å². The Labute approximate surface area is 187 Å². The highest BCUT2D eigenvalue weighted by Crippen LogP contribution is 2.33. The van der Waals surface area contributed by atoms with Gasteiger partial charge >= 0.3 is 5.69 Å². The number of rotatable bonds is 4. The predicted molar refractivity (Wildman–Crippen MR) is 122 cm³/mol. The molecule has 0 radical (unpaired) electrons. The predicted octanol–water partition coefficient (Wildman–Crippen LogP) is 5.18. The zero-order valence-corrected chi connectivity index (χ0v) is 18.9. The first-order chi connectivity index (χ1) is 14.8. The van der Waals surface area contributed by atoms with Gasteiger partial charge in [-0.25, -0.2) is 23.7 Å². The molecule has 0 aliphatic carbocycles. The van der Waals surface area contributed by atoms with E-state index in [1.807, 2.05) is 33.1 Å². The second-order valence-electron chi connectivity index (χ2n) is 7.29. The molecule has 0 spiro atoms. The molecule has 0 aromatic carbocycles. The summed E-state index contributed by atoms with van der Waals surface area (Å²) in [5, 5.41) is 0.774. The van der Waals surface area contributed by atoms with E-state index in [1.54, 1.807) is 24.5 Å². The maximum absolute atomic E-state index is 15.1. The standard InChI is InChI=1S/C22H19ClFN5OS/c1-11(2)16-18(12(3)7-9-25-16)29-20-14(19(23)28-22(29)30)10-15(24)17(27-20)13-6-5-8-26-21(13)31-4/h5-11H,1-4H3. The summed E-state index contributed by atoms with van der Waals surface area (Å²) < 4.78 is 16.5. The highest BCUT2D eigenvalue weighted by molar-refractivity contribution is 7.98. The second-order valence-corrected chi connectivity index (χ2v) is 8.44. The normalized spacial score (nSPS) is 11.5. The zero-order valence-electron chi connectivity index (χ0n) is 17.3. The molecule has 4 heterocycles. The summed E-state index contributed by atoms with van der Waals surface area (Å²) >= 11 is 7.61. The lowest BCUT2D eigenvalue weighted by molar-refractivity contribution is 0.627. The quantitative estimate of drug-likeness (QED) is 0.311. The molecule has 4 aromatic rings. The fourth-order valence-electron chi connectivity index (χ4n) is 3.50. The number of hydrogen-bond acceptors (Lipinski definition) is 6. The van der Waals surface area contributed by atoms with Crippen molar-refractivity contribution in [3.05, 3.63) is 69.4 Å². The summed E-state index contributed by atoms with van der Waals surface area (Å²) in [7, 11) is 0. The summed E-state index contributed by atoms with van der Waals surface area (Å²) in [6, 6.07) is 6.54. The fraction of sp³-hybridized carbons (Fsp3) is 0.227. The van der Waals surface area contributed by atoms with Gasteiger partial charge < -0.3 is 0 Å². The Morgan fingerprint density at radius 3 is 2.65 bits per heavy atom. The molecular weight excluding hydrogens is 437 g/mol. The van der Waals surface area contributed by atoms with Crippen LogP contribution in [0.5, 0.6) is 0 Å². The van der Waals surface area contributed by atoms with Crippen LogP contribution in [-0.2, 0) is 0 Å². The molecule has 0 saturated heterocycles. The molecule has 158 valence electrons. The first-order valence-corrected chi connectivity index (χ1v) is 11.2. The van der Waals surface area contributed by atoms with Crippen LogP contribution >= 0.6 is 23.4 Å². The Hall–Kier alpha value is -2.84. The summed E-state index contributed by atoms with van der Waals surface area (Å²) in [6.07, 6.45) is 5.19. The van der Waals surface area contributed by atoms with Gasteiger partial charge in [0.2, 0.25) is 0 Å². The Bertz CT molecular complexity index is 1370. The van der Waals surface area contributed by atoms with Crippen LogP contribution in [0.4, 0.5) is 4.39 Å². The number of aryl methyl sites for hydroxylation is 1. The topological polar surface area (TPSA) is 73.6 Å². The van der Waals surface area contributed by atoms with Gasteiger partial charge in [0.05, 0.1) is 16.8 Å². The highest BCUT2D eigenvalue weighted by Gasteiger charge is 2.22. The minimum atomic E-state index is -0.600. The number of halogens is 2.